The standard InChI is InChI=1S/C10H10N2O4/c1-2-9(14)16-12-10(15)11-7-3-5-8(13)6-4-7/h2-6,13H,1H2,(H2,11,12,15). The number of anilines is 1. The Morgan fingerprint density at radius 2 is 1.94 bits per heavy atom. The monoisotopic (exact) mass is 222 g/mol. The third-order valence-electron chi connectivity index (χ3n) is 1.54. The highest BCUT2D eigenvalue weighted by Gasteiger charge is 2.03. The van der Waals surface area contributed by atoms with Gasteiger partial charge in [-0.2, -0.15) is 5.48 Å². The number of hydrogen-bond acceptors (Lipinski definition) is 4. The number of rotatable bonds is 2. The van der Waals surface area contributed by atoms with Crippen LogP contribution in [0.4, 0.5) is 10.5 Å². The molecular formula is C10H10N2O4. The largest absolute Gasteiger partial charge is 0.508 e. The van der Waals surface area contributed by atoms with Crippen LogP contribution in [0.3, 0.4) is 0 Å². The Labute approximate surface area is 91.5 Å². The number of amides is 2. The second-order valence-electron chi connectivity index (χ2n) is 2.73. The van der Waals surface area contributed by atoms with Crippen LogP contribution in [0.5, 0.6) is 5.75 Å². The van der Waals surface area contributed by atoms with E-state index in [1.54, 1.807) is 0 Å². The molecular weight excluding hydrogens is 212 g/mol. The number of nitrogens with one attached hydrogen (secondary N) is 2. The van der Waals surface area contributed by atoms with Crippen molar-refractivity contribution < 1.29 is 19.5 Å². The van der Waals surface area contributed by atoms with E-state index >= 15 is 0 Å². The molecule has 16 heavy (non-hydrogen) atoms. The van der Waals surface area contributed by atoms with Gasteiger partial charge >= 0.3 is 12.0 Å². The topological polar surface area (TPSA) is 87.7 Å². The van der Waals surface area contributed by atoms with Crippen molar-refractivity contribution in [3.63, 3.8) is 0 Å². The smallest absolute Gasteiger partial charge is 0.355 e. The summed E-state index contributed by atoms with van der Waals surface area (Å²) in [7, 11) is 0. The second kappa shape index (κ2) is 5.40. The van der Waals surface area contributed by atoms with Gasteiger partial charge in [-0.1, -0.05) is 6.58 Å². The molecule has 0 spiro atoms. The molecule has 0 aromatic heterocycles. The fourth-order valence-corrected chi connectivity index (χ4v) is 0.840. The lowest BCUT2D eigenvalue weighted by molar-refractivity contribution is -0.142. The summed E-state index contributed by atoms with van der Waals surface area (Å²) in [6.45, 7) is 3.16. The first-order valence-corrected chi connectivity index (χ1v) is 4.31. The molecule has 0 aliphatic rings. The van der Waals surface area contributed by atoms with E-state index in [0.717, 1.165) is 6.08 Å². The van der Waals surface area contributed by atoms with E-state index in [0.29, 0.717) is 5.69 Å². The highest BCUT2D eigenvalue weighted by Crippen LogP contribution is 2.13. The van der Waals surface area contributed by atoms with E-state index in [4.69, 9.17) is 5.11 Å². The summed E-state index contributed by atoms with van der Waals surface area (Å²) in [5.74, 6) is -0.676. The Kier molecular flexibility index (Phi) is 3.90. The number of hydrogen-bond donors (Lipinski definition) is 3. The Bertz CT molecular complexity index is 400. The van der Waals surface area contributed by atoms with Crippen molar-refractivity contribution in [1.29, 1.82) is 0 Å². The Hall–Kier alpha value is -2.50. The molecule has 1 aromatic rings. The highest BCUT2D eigenvalue weighted by atomic mass is 16.7. The number of hydroxylamine groups is 1. The van der Waals surface area contributed by atoms with Gasteiger partial charge in [-0.25, -0.2) is 9.59 Å². The number of phenolic OH excluding ortho intramolecular Hbond substituents is 1. The molecule has 0 atom stereocenters. The maximum absolute atomic E-state index is 11.1. The quantitative estimate of drug-likeness (QED) is 0.398. The van der Waals surface area contributed by atoms with E-state index in [1.165, 1.54) is 24.3 Å². The van der Waals surface area contributed by atoms with Gasteiger partial charge in [0.1, 0.15) is 5.75 Å². The molecule has 0 saturated heterocycles. The van der Waals surface area contributed by atoms with Gasteiger partial charge in [0, 0.05) is 11.8 Å². The van der Waals surface area contributed by atoms with Crippen molar-refractivity contribution in [2.75, 3.05) is 5.32 Å². The first kappa shape index (κ1) is 11.6. The van der Waals surface area contributed by atoms with Crippen LogP contribution in [-0.2, 0) is 9.63 Å². The number of aromatic hydroxyl groups is 1. The molecule has 2 amide bonds. The first-order chi connectivity index (χ1) is 7.61. The molecule has 1 rings (SSSR count). The Morgan fingerprint density at radius 3 is 2.50 bits per heavy atom. The molecule has 0 unspecified atom stereocenters. The summed E-state index contributed by atoms with van der Waals surface area (Å²) >= 11 is 0. The lowest BCUT2D eigenvalue weighted by Gasteiger charge is -2.06. The van der Waals surface area contributed by atoms with Gasteiger partial charge in [0.05, 0.1) is 0 Å². The van der Waals surface area contributed by atoms with Crippen LogP contribution in [0.2, 0.25) is 0 Å². The maximum atomic E-state index is 11.1. The molecule has 0 saturated carbocycles. The predicted octanol–water partition coefficient (Wildman–Crippen LogP) is 1.16. The minimum Gasteiger partial charge on any atom is -0.508 e. The lowest BCUT2D eigenvalue weighted by Crippen LogP contribution is -2.30. The zero-order chi connectivity index (χ0) is 12.0. The summed E-state index contributed by atoms with van der Waals surface area (Å²) in [5, 5.41) is 11.4. The molecule has 6 heteroatoms. The molecule has 84 valence electrons. The van der Waals surface area contributed by atoms with Gasteiger partial charge in [-0.3, -0.25) is 0 Å². The molecule has 1 aromatic carbocycles. The van der Waals surface area contributed by atoms with Crippen molar-refractivity contribution in [2.45, 2.75) is 0 Å². The van der Waals surface area contributed by atoms with Gasteiger partial charge in [0.25, 0.3) is 0 Å². The Morgan fingerprint density at radius 1 is 1.31 bits per heavy atom. The first-order valence-electron chi connectivity index (χ1n) is 4.31. The maximum Gasteiger partial charge on any atom is 0.355 e. The minimum atomic E-state index is -0.763. The molecule has 0 bridgehead atoms. The van der Waals surface area contributed by atoms with Gasteiger partial charge < -0.3 is 15.3 Å². The van der Waals surface area contributed by atoms with Crippen molar-refractivity contribution in [1.82, 2.24) is 5.48 Å². The van der Waals surface area contributed by atoms with Crippen molar-refractivity contribution in [3.05, 3.63) is 36.9 Å². The number of urea groups is 1. The average Bonchev–Trinajstić information content (AvgIpc) is 2.29. The van der Waals surface area contributed by atoms with E-state index < -0.39 is 12.0 Å². The van der Waals surface area contributed by atoms with Crippen LogP contribution in [0, 0.1) is 0 Å². The third kappa shape index (κ3) is 3.70. The van der Waals surface area contributed by atoms with Crippen molar-refractivity contribution in [3.8, 4) is 5.75 Å². The molecule has 3 N–H and O–H groups in total. The summed E-state index contributed by atoms with van der Waals surface area (Å²) in [4.78, 5) is 26.0. The molecule has 0 aliphatic carbocycles. The van der Waals surface area contributed by atoms with Crippen LogP contribution in [0.1, 0.15) is 0 Å². The van der Waals surface area contributed by atoms with Gasteiger partial charge in [0.2, 0.25) is 0 Å². The zero-order valence-corrected chi connectivity index (χ0v) is 8.27. The van der Waals surface area contributed by atoms with Gasteiger partial charge in [-0.15, -0.1) is 0 Å². The van der Waals surface area contributed by atoms with Crippen molar-refractivity contribution >= 4 is 17.7 Å². The van der Waals surface area contributed by atoms with E-state index in [2.05, 4.69) is 16.7 Å². The fraction of sp³-hybridized carbons (Fsp3) is 0. The van der Waals surface area contributed by atoms with Gasteiger partial charge in [0.15, 0.2) is 0 Å². The van der Waals surface area contributed by atoms with Crippen LogP contribution in [0.25, 0.3) is 0 Å². The van der Waals surface area contributed by atoms with Crippen LogP contribution < -0.4 is 10.8 Å². The molecule has 0 fully saturated rings. The molecule has 0 radical (unpaired) electrons. The number of carbonyl (C=O) groups is 2. The predicted molar refractivity (Wildman–Crippen MR) is 56.6 cm³/mol. The molecule has 6 nitrogen and oxygen atoms in total. The SMILES string of the molecule is C=CC(=O)ONC(=O)Nc1ccc(O)cc1. The van der Waals surface area contributed by atoms with E-state index in [9.17, 15) is 9.59 Å². The van der Waals surface area contributed by atoms with Crippen LogP contribution >= 0.6 is 0 Å². The highest BCUT2D eigenvalue weighted by molar-refractivity contribution is 5.90. The van der Waals surface area contributed by atoms with Crippen molar-refractivity contribution in [2.24, 2.45) is 0 Å². The van der Waals surface area contributed by atoms with Crippen LogP contribution in [-0.4, -0.2) is 17.1 Å². The Balaban J connectivity index is 2.42. The van der Waals surface area contributed by atoms with Crippen LogP contribution in [0.15, 0.2) is 36.9 Å². The zero-order valence-electron chi connectivity index (χ0n) is 8.27. The molecule has 0 heterocycles. The van der Waals surface area contributed by atoms with Gasteiger partial charge in [-0.05, 0) is 24.3 Å². The summed E-state index contributed by atoms with van der Waals surface area (Å²) in [5.41, 5.74) is 2.31. The third-order valence-corrected chi connectivity index (χ3v) is 1.54. The van der Waals surface area contributed by atoms with E-state index in [1.807, 2.05) is 5.48 Å². The lowest BCUT2D eigenvalue weighted by atomic mass is 10.3. The number of phenols is 1. The summed E-state index contributed by atoms with van der Waals surface area (Å²) < 4.78 is 0. The normalized spacial score (nSPS) is 9.00. The van der Waals surface area contributed by atoms with E-state index in [-0.39, 0.29) is 5.75 Å². The number of carbonyl (C=O) groups excluding carboxylic acids is 2. The second-order valence-corrected chi connectivity index (χ2v) is 2.73. The average molecular weight is 222 g/mol. The summed E-state index contributed by atoms with van der Waals surface area (Å²) in [6, 6.07) is 5.09. The molecule has 0 aliphatic heterocycles. The number of benzene rings is 1. The summed E-state index contributed by atoms with van der Waals surface area (Å²) in [6.07, 6.45) is 0.917. The fourth-order valence-electron chi connectivity index (χ4n) is 0.840. The minimum absolute atomic E-state index is 0.0871.